The van der Waals surface area contributed by atoms with Gasteiger partial charge in [0.1, 0.15) is 18.2 Å². The van der Waals surface area contributed by atoms with E-state index in [0.29, 0.717) is 29.0 Å². The van der Waals surface area contributed by atoms with E-state index in [9.17, 15) is 5.11 Å². The highest BCUT2D eigenvalue weighted by molar-refractivity contribution is 5.87. The Balaban J connectivity index is 2.05. The summed E-state index contributed by atoms with van der Waals surface area (Å²) in [4.78, 5) is 8.11. The molecule has 102 valence electrons. The molecule has 1 aliphatic heterocycles. The molecule has 0 aliphatic carbocycles. The number of hydrogen-bond donors (Lipinski definition) is 3. The molecular formula is C11H15N5O3. The highest BCUT2D eigenvalue weighted by Crippen LogP contribution is 2.32. The summed E-state index contributed by atoms with van der Waals surface area (Å²) in [5.74, 6) is 0.367. The molecule has 0 amide bonds. The van der Waals surface area contributed by atoms with Crippen LogP contribution in [0.25, 0.3) is 11.0 Å². The highest BCUT2D eigenvalue weighted by atomic mass is 16.5. The number of aryl methyl sites for hydroxylation is 1. The lowest BCUT2D eigenvalue weighted by molar-refractivity contribution is -0.0471. The summed E-state index contributed by atoms with van der Waals surface area (Å²) in [6, 6.07) is 0. The topological polar surface area (TPSA) is 119 Å². The Labute approximate surface area is 108 Å². The number of ether oxygens (including phenoxy) is 1. The average Bonchev–Trinajstić information content (AvgIpc) is 2.91. The standard InChI is InChI=1S/C11H15N5O3/c1-5-9-10(12)13-4-14-11(9)16(15-5)8-2-6(18)7(3-17)19-8/h4,6-8,17-18H,2-3H2,1H3,(H2,12,13,14)/t6-,7+,8+/m0/s1. The van der Waals surface area contributed by atoms with Crippen molar-refractivity contribution in [2.45, 2.75) is 31.8 Å². The van der Waals surface area contributed by atoms with Gasteiger partial charge in [-0.1, -0.05) is 0 Å². The summed E-state index contributed by atoms with van der Waals surface area (Å²) >= 11 is 0. The van der Waals surface area contributed by atoms with Crippen molar-refractivity contribution in [3.8, 4) is 0 Å². The first-order valence-corrected chi connectivity index (χ1v) is 6.01. The van der Waals surface area contributed by atoms with Crippen LogP contribution in [0.3, 0.4) is 0 Å². The van der Waals surface area contributed by atoms with Gasteiger partial charge in [-0.25, -0.2) is 14.6 Å². The summed E-state index contributed by atoms with van der Waals surface area (Å²) in [6.07, 6.45) is -0.0506. The van der Waals surface area contributed by atoms with Gasteiger partial charge in [-0.3, -0.25) is 0 Å². The summed E-state index contributed by atoms with van der Waals surface area (Å²) in [6.45, 7) is 1.58. The molecule has 19 heavy (non-hydrogen) atoms. The number of nitrogen functional groups attached to an aromatic ring is 1. The Kier molecular flexibility index (Phi) is 2.85. The molecule has 1 fully saturated rings. The van der Waals surface area contributed by atoms with Gasteiger partial charge in [0.05, 0.1) is 23.8 Å². The maximum absolute atomic E-state index is 9.77. The van der Waals surface area contributed by atoms with E-state index in [-0.39, 0.29) is 6.61 Å². The molecule has 1 aliphatic rings. The molecule has 4 N–H and O–H groups in total. The van der Waals surface area contributed by atoms with Crippen LogP contribution in [0, 0.1) is 6.92 Å². The van der Waals surface area contributed by atoms with Gasteiger partial charge in [0.15, 0.2) is 11.9 Å². The van der Waals surface area contributed by atoms with E-state index < -0.39 is 18.4 Å². The summed E-state index contributed by atoms with van der Waals surface area (Å²) < 4.78 is 7.15. The van der Waals surface area contributed by atoms with Crippen LogP contribution < -0.4 is 5.73 Å². The fourth-order valence-corrected chi connectivity index (χ4v) is 2.40. The zero-order valence-electron chi connectivity index (χ0n) is 10.4. The van der Waals surface area contributed by atoms with Gasteiger partial charge in [-0.05, 0) is 6.92 Å². The van der Waals surface area contributed by atoms with Gasteiger partial charge in [0.25, 0.3) is 0 Å². The minimum Gasteiger partial charge on any atom is -0.394 e. The lowest BCUT2D eigenvalue weighted by Crippen LogP contribution is -2.24. The van der Waals surface area contributed by atoms with Gasteiger partial charge in [-0.2, -0.15) is 5.10 Å². The van der Waals surface area contributed by atoms with E-state index in [0.717, 1.165) is 0 Å². The number of aliphatic hydroxyl groups excluding tert-OH is 2. The van der Waals surface area contributed by atoms with Crippen LogP contribution in [0.15, 0.2) is 6.33 Å². The molecule has 3 atom stereocenters. The molecule has 0 spiro atoms. The SMILES string of the molecule is Cc1nn([C@H]2C[C@H](O)[C@@H](CO)O2)c2ncnc(N)c12. The van der Waals surface area contributed by atoms with Crippen molar-refractivity contribution in [1.82, 2.24) is 19.7 Å². The fourth-order valence-electron chi connectivity index (χ4n) is 2.40. The van der Waals surface area contributed by atoms with E-state index in [1.54, 1.807) is 4.68 Å². The minimum absolute atomic E-state index is 0.229. The van der Waals surface area contributed by atoms with Crippen LogP contribution in [0.5, 0.6) is 0 Å². The van der Waals surface area contributed by atoms with Crippen LogP contribution >= 0.6 is 0 Å². The molecule has 2 aromatic rings. The maximum atomic E-state index is 9.77. The van der Waals surface area contributed by atoms with Gasteiger partial charge in [-0.15, -0.1) is 0 Å². The Morgan fingerprint density at radius 2 is 2.32 bits per heavy atom. The van der Waals surface area contributed by atoms with Crippen molar-refractivity contribution in [3.05, 3.63) is 12.0 Å². The number of rotatable bonds is 2. The monoisotopic (exact) mass is 265 g/mol. The van der Waals surface area contributed by atoms with E-state index in [4.69, 9.17) is 15.6 Å². The summed E-state index contributed by atoms with van der Waals surface area (Å²) in [7, 11) is 0. The van der Waals surface area contributed by atoms with Crippen molar-refractivity contribution < 1.29 is 14.9 Å². The molecule has 0 bridgehead atoms. The Morgan fingerprint density at radius 1 is 1.53 bits per heavy atom. The average molecular weight is 265 g/mol. The van der Waals surface area contributed by atoms with Crippen molar-refractivity contribution in [3.63, 3.8) is 0 Å². The molecule has 8 nitrogen and oxygen atoms in total. The molecule has 3 rings (SSSR count). The van der Waals surface area contributed by atoms with Gasteiger partial charge < -0.3 is 20.7 Å². The lowest BCUT2D eigenvalue weighted by atomic mass is 10.2. The van der Waals surface area contributed by atoms with Crippen LogP contribution in [0.2, 0.25) is 0 Å². The summed E-state index contributed by atoms with van der Waals surface area (Å²) in [5.41, 5.74) is 7.09. The molecule has 2 aromatic heterocycles. The first-order chi connectivity index (χ1) is 9.11. The van der Waals surface area contributed by atoms with Gasteiger partial charge in [0.2, 0.25) is 0 Å². The summed E-state index contributed by atoms with van der Waals surface area (Å²) in [5, 5.41) is 23.9. The molecule has 0 saturated carbocycles. The predicted octanol–water partition coefficient (Wildman–Crippen LogP) is -0.642. The van der Waals surface area contributed by atoms with Crippen molar-refractivity contribution >= 4 is 16.9 Å². The number of fused-ring (bicyclic) bond motifs is 1. The first kappa shape index (κ1) is 12.3. The zero-order valence-corrected chi connectivity index (χ0v) is 10.4. The third-order valence-electron chi connectivity index (χ3n) is 3.35. The molecular weight excluding hydrogens is 250 g/mol. The van der Waals surface area contributed by atoms with Gasteiger partial charge >= 0.3 is 0 Å². The zero-order chi connectivity index (χ0) is 13.6. The van der Waals surface area contributed by atoms with E-state index in [2.05, 4.69) is 15.1 Å². The van der Waals surface area contributed by atoms with Crippen LogP contribution in [0.1, 0.15) is 18.3 Å². The van der Waals surface area contributed by atoms with Crippen molar-refractivity contribution in [2.75, 3.05) is 12.3 Å². The number of aromatic nitrogens is 4. The van der Waals surface area contributed by atoms with Crippen LogP contribution in [-0.2, 0) is 4.74 Å². The van der Waals surface area contributed by atoms with Crippen LogP contribution in [0.4, 0.5) is 5.82 Å². The van der Waals surface area contributed by atoms with E-state index in [1.807, 2.05) is 6.92 Å². The lowest BCUT2D eigenvalue weighted by Gasteiger charge is -2.12. The quantitative estimate of drug-likeness (QED) is 0.660. The molecule has 1 saturated heterocycles. The van der Waals surface area contributed by atoms with Crippen molar-refractivity contribution in [2.24, 2.45) is 0 Å². The second-order valence-corrected chi connectivity index (χ2v) is 4.60. The molecule has 0 aromatic carbocycles. The maximum Gasteiger partial charge on any atom is 0.166 e. The smallest absolute Gasteiger partial charge is 0.166 e. The third-order valence-corrected chi connectivity index (χ3v) is 3.35. The predicted molar refractivity (Wildman–Crippen MR) is 66.1 cm³/mol. The second kappa shape index (κ2) is 4.41. The van der Waals surface area contributed by atoms with E-state index >= 15 is 0 Å². The normalized spacial score (nSPS) is 27.2. The molecule has 0 radical (unpaired) electrons. The Bertz CT molecular complexity index is 614. The first-order valence-electron chi connectivity index (χ1n) is 6.01. The third kappa shape index (κ3) is 1.84. The van der Waals surface area contributed by atoms with E-state index in [1.165, 1.54) is 6.33 Å². The number of nitrogens with zero attached hydrogens (tertiary/aromatic N) is 4. The molecule has 3 heterocycles. The number of aliphatic hydroxyl groups is 2. The Hall–Kier alpha value is -1.77. The highest BCUT2D eigenvalue weighted by Gasteiger charge is 2.36. The largest absolute Gasteiger partial charge is 0.394 e. The number of nitrogens with two attached hydrogens (primary N) is 1. The minimum atomic E-state index is -0.714. The van der Waals surface area contributed by atoms with Crippen LogP contribution in [-0.4, -0.2) is 48.8 Å². The Morgan fingerprint density at radius 3 is 3.00 bits per heavy atom. The van der Waals surface area contributed by atoms with Crippen molar-refractivity contribution in [1.29, 1.82) is 0 Å². The second-order valence-electron chi connectivity index (χ2n) is 4.60. The molecule has 0 unspecified atom stereocenters. The number of hydrogen-bond acceptors (Lipinski definition) is 7. The molecule has 8 heteroatoms. The number of anilines is 1. The fraction of sp³-hybridized carbons (Fsp3) is 0.545. The van der Waals surface area contributed by atoms with Gasteiger partial charge in [0, 0.05) is 6.42 Å².